The van der Waals surface area contributed by atoms with Gasteiger partial charge in [0.1, 0.15) is 5.75 Å². The zero-order valence-electron chi connectivity index (χ0n) is 10.1. The molecule has 0 aromatic heterocycles. The van der Waals surface area contributed by atoms with Crippen LogP contribution in [-0.2, 0) is 9.59 Å². The van der Waals surface area contributed by atoms with Crippen LogP contribution in [0.3, 0.4) is 0 Å². The molecule has 0 radical (unpaired) electrons. The Kier molecular flexibility index (Phi) is 3.52. The van der Waals surface area contributed by atoms with Crippen LogP contribution in [0.2, 0.25) is 0 Å². The lowest BCUT2D eigenvalue weighted by atomic mass is 9.69. The van der Waals surface area contributed by atoms with Crippen molar-refractivity contribution < 1.29 is 24.5 Å². The minimum absolute atomic E-state index is 0.305. The van der Waals surface area contributed by atoms with Gasteiger partial charge in [-0.25, -0.2) is 9.71 Å². The van der Waals surface area contributed by atoms with Gasteiger partial charge in [0.05, 0.1) is 6.21 Å². The van der Waals surface area contributed by atoms with E-state index in [0.29, 0.717) is 16.8 Å². The summed E-state index contributed by atoms with van der Waals surface area (Å²) in [6.07, 6.45) is 1.45. The summed E-state index contributed by atoms with van der Waals surface area (Å²) in [6, 6.07) is 4.70. The van der Waals surface area contributed by atoms with Crippen molar-refractivity contribution >= 4 is 30.6 Å². The SMILES string of the molecule is CC(=O)N1N=Cc2ccc(OCC(=O)O)cc2B1O. The third kappa shape index (κ3) is 2.74. The quantitative estimate of drug-likeness (QED) is 0.683. The van der Waals surface area contributed by atoms with Crippen molar-refractivity contribution in [2.75, 3.05) is 6.61 Å². The number of carboxylic acids is 1. The summed E-state index contributed by atoms with van der Waals surface area (Å²) in [6.45, 7) is 0.815. The highest BCUT2D eigenvalue weighted by Crippen LogP contribution is 2.14. The molecule has 1 amide bonds. The van der Waals surface area contributed by atoms with Crippen molar-refractivity contribution in [1.82, 2.24) is 4.92 Å². The Bertz CT molecular complexity index is 560. The number of carbonyl (C=O) groups excluding carboxylic acids is 1. The number of rotatable bonds is 3. The van der Waals surface area contributed by atoms with Crippen LogP contribution >= 0.6 is 0 Å². The molecule has 2 rings (SSSR count). The Labute approximate surface area is 109 Å². The third-order valence-electron chi connectivity index (χ3n) is 2.57. The molecule has 19 heavy (non-hydrogen) atoms. The molecule has 1 aliphatic heterocycles. The molecule has 0 saturated heterocycles. The number of fused-ring (bicyclic) bond motifs is 1. The number of amides is 1. The van der Waals surface area contributed by atoms with E-state index in [-0.39, 0.29) is 0 Å². The van der Waals surface area contributed by atoms with Crippen molar-refractivity contribution in [2.24, 2.45) is 5.10 Å². The molecular weight excluding hydrogens is 251 g/mol. The lowest BCUT2D eigenvalue weighted by molar-refractivity contribution is -0.139. The summed E-state index contributed by atoms with van der Waals surface area (Å²) < 4.78 is 5.02. The first-order chi connectivity index (χ1) is 8.99. The van der Waals surface area contributed by atoms with Crippen LogP contribution in [0.4, 0.5) is 0 Å². The van der Waals surface area contributed by atoms with E-state index in [2.05, 4.69) is 5.10 Å². The zero-order valence-corrected chi connectivity index (χ0v) is 10.1. The standard InChI is InChI=1S/C11H11BN2O5/c1-7(15)14-12(18)10-4-9(19-6-11(16)17)3-2-8(10)5-13-14/h2-5,18H,6H2,1H3,(H,16,17). The summed E-state index contributed by atoms with van der Waals surface area (Å²) in [7, 11) is -1.20. The van der Waals surface area contributed by atoms with E-state index in [4.69, 9.17) is 9.84 Å². The maximum Gasteiger partial charge on any atom is 0.474 e. The van der Waals surface area contributed by atoms with Crippen LogP contribution in [-0.4, -0.2) is 46.8 Å². The molecule has 0 atom stereocenters. The maximum absolute atomic E-state index is 11.3. The van der Waals surface area contributed by atoms with Gasteiger partial charge in [0.25, 0.3) is 0 Å². The van der Waals surface area contributed by atoms with Crippen molar-refractivity contribution in [3.8, 4) is 5.75 Å². The Balaban J connectivity index is 2.27. The topological polar surface area (TPSA) is 99.4 Å². The summed E-state index contributed by atoms with van der Waals surface area (Å²) in [4.78, 5) is 22.6. The van der Waals surface area contributed by atoms with E-state index < -0.39 is 25.5 Å². The molecule has 0 fully saturated rings. The highest BCUT2D eigenvalue weighted by molar-refractivity contribution is 6.67. The minimum atomic E-state index is -1.20. The van der Waals surface area contributed by atoms with Crippen molar-refractivity contribution in [3.63, 3.8) is 0 Å². The highest BCUT2D eigenvalue weighted by atomic mass is 16.5. The van der Waals surface area contributed by atoms with E-state index in [1.165, 1.54) is 19.2 Å². The van der Waals surface area contributed by atoms with Crippen LogP contribution < -0.4 is 10.2 Å². The van der Waals surface area contributed by atoms with E-state index in [0.717, 1.165) is 4.92 Å². The van der Waals surface area contributed by atoms with Crippen molar-refractivity contribution in [1.29, 1.82) is 0 Å². The Morgan fingerprint density at radius 1 is 1.47 bits per heavy atom. The van der Waals surface area contributed by atoms with E-state index >= 15 is 0 Å². The fourth-order valence-electron chi connectivity index (χ4n) is 1.70. The van der Waals surface area contributed by atoms with Gasteiger partial charge in [-0.15, -0.1) is 0 Å². The van der Waals surface area contributed by atoms with Gasteiger partial charge in [-0.2, -0.15) is 5.10 Å². The van der Waals surface area contributed by atoms with E-state index in [1.54, 1.807) is 12.1 Å². The van der Waals surface area contributed by atoms with Gasteiger partial charge in [-0.1, -0.05) is 6.07 Å². The number of benzene rings is 1. The van der Waals surface area contributed by atoms with Crippen LogP contribution in [0, 0.1) is 0 Å². The van der Waals surface area contributed by atoms with Crippen LogP contribution in [0.1, 0.15) is 12.5 Å². The number of hydrogen-bond acceptors (Lipinski definition) is 5. The summed E-state index contributed by atoms with van der Waals surface area (Å²) in [5.41, 5.74) is 1.08. The molecule has 8 heteroatoms. The molecule has 0 aliphatic carbocycles. The minimum Gasteiger partial charge on any atom is -0.482 e. The van der Waals surface area contributed by atoms with E-state index in [9.17, 15) is 14.6 Å². The predicted octanol–water partition coefficient (Wildman–Crippen LogP) is -0.967. The molecule has 1 aromatic carbocycles. The second-order valence-electron chi connectivity index (χ2n) is 3.95. The fourth-order valence-corrected chi connectivity index (χ4v) is 1.70. The Morgan fingerprint density at radius 3 is 2.84 bits per heavy atom. The number of carbonyl (C=O) groups is 2. The number of ether oxygens (including phenoxy) is 1. The second-order valence-corrected chi connectivity index (χ2v) is 3.95. The summed E-state index contributed by atoms with van der Waals surface area (Å²) in [5.74, 6) is -1.18. The monoisotopic (exact) mass is 262 g/mol. The number of carboxylic acid groups (broad SMARTS) is 1. The normalized spacial score (nSPS) is 13.2. The number of aliphatic carboxylic acids is 1. The summed E-state index contributed by atoms with van der Waals surface area (Å²) >= 11 is 0. The number of hydrazone groups is 1. The molecule has 7 nitrogen and oxygen atoms in total. The third-order valence-corrected chi connectivity index (χ3v) is 2.57. The molecule has 1 aromatic rings. The average Bonchev–Trinajstić information content (AvgIpc) is 2.36. The van der Waals surface area contributed by atoms with Crippen molar-refractivity contribution in [3.05, 3.63) is 23.8 Å². The molecular formula is C11H11BN2O5. The molecule has 1 heterocycles. The maximum atomic E-state index is 11.3. The van der Waals surface area contributed by atoms with Gasteiger partial charge >= 0.3 is 13.0 Å². The van der Waals surface area contributed by atoms with Gasteiger partial charge in [-0.3, -0.25) is 4.79 Å². The predicted molar refractivity (Wildman–Crippen MR) is 67.3 cm³/mol. The first kappa shape index (κ1) is 13.1. The molecule has 0 saturated carbocycles. The largest absolute Gasteiger partial charge is 0.482 e. The first-order valence-electron chi connectivity index (χ1n) is 5.49. The van der Waals surface area contributed by atoms with Gasteiger partial charge in [0.2, 0.25) is 5.91 Å². The van der Waals surface area contributed by atoms with Gasteiger partial charge in [0, 0.05) is 6.92 Å². The fraction of sp³-hybridized carbons (Fsp3) is 0.182. The zero-order chi connectivity index (χ0) is 14.0. The molecule has 1 aliphatic rings. The number of nitrogens with zero attached hydrogens (tertiary/aromatic N) is 2. The lowest BCUT2D eigenvalue weighted by Gasteiger charge is -2.24. The molecule has 0 spiro atoms. The summed E-state index contributed by atoms with van der Waals surface area (Å²) in [5, 5.41) is 22.4. The van der Waals surface area contributed by atoms with Gasteiger partial charge in [0.15, 0.2) is 6.61 Å². The smallest absolute Gasteiger partial charge is 0.474 e. The van der Waals surface area contributed by atoms with Crippen molar-refractivity contribution in [2.45, 2.75) is 6.92 Å². The highest BCUT2D eigenvalue weighted by Gasteiger charge is 2.32. The van der Waals surface area contributed by atoms with Gasteiger partial charge in [-0.05, 0) is 23.2 Å². The number of hydrogen-bond donors (Lipinski definition) is 2. The first-order valence-corrected chi connectivity index (χ1v) is 5.49. The Hall–Kier alpha value is -2.35. The van der Waals surface area contributed by atoms with Crippen LogP contribution in [0.15, 0.2) is 23.3 Å². The average molecular weight is 262 g/mol. The van der Waals surface area contributed by atoms with E-state index in [1.807, 2.05) is 0 Å². The lowest BCUT2D eigenvalue weighted by Crippen LogP contribution is -2.51. The van der Waals surface area contributed by atoms with Crippen LogP contribution in [0.5, 0.6) is 5.75 Å². The Morgan fingerprint density at radius 2 is 2.21 bits per heavy atom. The molecule has 2 N–H and O–H groups in total. The molecule has 0 unspecified atom stereocenters. The van der Waals surface area contributed by atoms with Crippen LogP contribution in [0.25, 0.3) is 0 Å². The van der Waals surface area contributed by atoms with Gasteiger partial charge < -0.3 is 14.9 Å². The second kappa shape index (κ2) is 5.11. The molecule has 0 bridgehead atoms. The molecule has 98 valence electrons.